The third-order valence-corrected chi connectivity index (χ3v) is 5.72. The van der Waals surface area contributed by atoms with E-state index in [9.17, 15) is 4.79 Å². The van der Waals surface area contributed by atoms with Gasteiger partial charge in [0.2, 0.25) is 0 Å². The van der Waals surface area contributed by atoms with Crippen LogP contribution in [0.2, 0.25) is 0 Å². The second-order valence-electron chi connectivity index (χ2n) is 8.67. The molecule has 0 bridgehead atoms. The molecule has 1 saturated heterocycles. The summed E-state index contributed by atoms with van der Waals surface area (Å²) < 4.78 is 5.39. The van der Waals surface area contributed by atoms with E-state index in [4.69, 9.17) is 4.74 Å². The predicted molar refractivity (Wildman–Crippen MR) is 116 cm³/mol. The number of nitrogens with zero attached hydrogens (tertiary/aromatic N) is 1. The standard InChI is InChI=1S/C24H47NO2/c1-3-4-5-6-7-8-9-10-11-12-13-14-15-16-17-18-21-27-24(26)23(2)22-25-19-20-25/h23H,3-22H2,1-2H3. The van der Waals surface area contributed by atoms with E-state index in [1.807, 2.05) is 6.92 Å². The zero-order valence-corrected chi connectivity index (χ0v) is 18.5. The Morgan fingerprint density at radius 2 is 1.15 bits per heavy atom. The second kappa shape index (κ2) is 17.5. The summed E-state index contributed by atoms with van der Waals surface area (Å²) in [5.74, 6) is 0.0245. The third kappa shape index (κ3) is 16.1. The van der Waals surface area contributed by atoms with Gasteiger partial charge in [-0.3, -0.25) is 9.69 Å². The van der Waals surface area contributed by atoms with Gasteiger partial charge in [0.1, 0.15) is 0 Å². The summed E-state index contributed by atoms with van der Waals surface area (Å²) in [5.41, 5.74) is 0. The van der Waals surface area contributed by atoms with Crippen LogP contribution in [0.1, 0.15) is 117 Å². The van der Waals surface area contributed by atoms with Crippen LogP contribution < -0.4 is 0 Å². The lowest BCUT2D eigenvalue weighted by atomic mass is 10.0. The Labute approximate surface area is 169 Å². The molecule has 160 valence electrons. The average Bonchev–Trinajstić information content (AvgIpc) is 3.48. The van der Waals surface area contributed by atoms with Crippen LogP contribution in [0.3, 0.4) is 0 Å². The highest BCUT2D eigenvalue weighted by atomic mass is 16.5. The molecule has 0 amide bonds. The smallest absolute Gasteiger partial charge is 0.309 e. The predicted octanol–water partition coefficient (Wildman–Crippen LogP) is 6.74. The van der Waals surface area contributed by atoms with Crippen molar-refractivity contribution >= 4 is 5.97 Å². The van der Waals surface area contributed by atoms with Gasteiger partial charge in [-0.05, 0) is 6.42 Å². The van der Waals surface area contributed by atoms with E-state index < -0.39 is 0 Å². The Morgan fingerprint density at radius 1 is 0.741 bits per heavy atom. The molecule has 0 aromatic heterocycles. The molecule has 1 aliphatic rings. The fraction of sp³-hybridized carbons (Fsp3) is 0.958. The fourth-order valence-corrected chi connectivity index (χ4v) is 3.68. The summed E-state index contributed by atoms with van der Waals surface area (Å²) in [6, 6.07) is 0. The molecule has 1 fully saturated rings. The Hall–Kier alpha value is -0.570. The molecule has 3 nitrogen and oxygen atoms in total. The highest BCUT2D eigenvalue weighted by Crippen LogP contribution is 2.14. The van der Waals surface area contributed by atoms with E-state index in [2.05, 4.69) is 11.8 Å². The fourth-order valence-electron chi connectivity index (χ4n) is 3.68. The van der Waals surface area contributed by atoms with Gasteiger partial charge >= 0.3 is 5.97 Å². The Morgan fingerprint density at radius 3 is 1.56 bits per heavy atom. The SMILES string of the molecule is CCCCCCCCCCCCCCCCCCOC(=O)C(C)CN1CC1. The largest absolute Gasteiger partial charge is 0.465 e. The van der Waals surface area contributed by atoms with Crippen LogP contribution in [0.25, 0.3) is 0 Å². The molecule has 0 radical (unpaired) electrons. The first-order valence-electron chi connectivity index (χ1n) is 12.1. The maximum Gasteiger partial charge on any atom is 0.309 e. The van der Waals surface area contributed by atoms with Gasteiger partial charge in [-0.25, -0.2) is 0 Å². The monoisotopic (exact) mass is 381 g/mol. The van der Waals surface area contributed by atoms with E-state index in [-0.39, 0.29) is 11.9 Å². The minimum atomic E-state index is -0.0112. The first-order valence-corrected chi connectivity index (χ1v) is 12.1. The van der Waals surface area contributed by atoms with Gasteiger partial charge in [-0.2, -0.15) is 0 Å². The Balaban J connectivity index is 1.70. The van der Waals surface area contributed by atoms with Gasteiger partial charge in [0, 0.05) is 19.6 Å². The zero-order valence-electron chi connectivity index (χ0n) is 18.5. The van der Waals surface area contributed by atoms with E-state index in [1.165, 1.54) is 96.3 Å². The molecular formula is C24H47NO2. The second-order valence-corrected chi connectivity index (χ2v) is 8.67. The van der Waals surface area contributed by atoms with Gasteiger partial charge in [0.05, 0.1) is 12.5 Å². The zero-order chi connectivity index (χ0) is 19.6. The van der Waals surface area contributed by atoms with Crippen molar-refractivity contribution in [2.75, 3.05) is 26.2 Å². The molecule has 1 aliphatic heterocycles. The first kappa shape index (κ1) is 24.5. The van der Waals surface area contributed by atoms with Gasteiger partial charge in [0.15, 0.2) is 0 Å². The van der Waals surface area contributed by atoms with Crippen molar-refractivity contribution in [1.82, 2.24) is 4.90 Å². The molecule has 1 heterocycles. The number of hydrogen-bond donors (Lipinski definition) is 0. The van der Waals surface area contributed by atoms with Crippen LogP contribution in [-0.4, -0.2) is 37.1 Å². The molecule has 0 saturated carbocycles. The summed E-state index contributed by atoms with van der Waals surface area (Å²) in [7, 11) is 0. The topological polar surface area (TPSA) is 29.3 Å². The molecule has 0 N–H and O–H groups in total. The molecule has 0 aliphatic carbocycles. The van der Waals surface area contributed by atoms with Crippen molar-refractivity contribution in [3.63, 3.8) is 0 Å². The average molecular weight is 382 g/mol. The molecule has 1 unspecified atom stereocenters. The van der Waals surface area contributed by atoms with Gasteiger partial charge in [-0.1, -0.05) is 110 Å². The first-order chi connectivity index (χ1) is 13.2. The van der Waals surface area contributed by atoms with Crippen molar-refractivity contribution in [2.24, 2.45) is 5.92 Å². The number of ether oxygens (including phenoxy) is 1. The van der Waals surface area contributed by atoms with E-state index >= 15 is 0 Å². The maximum absolute atomic E-state index is 11.8. The van der Waals surface area contributed by atoms with Crippen molar-refractivity contribution in [1.29, 1.82) is 0 Å². The Kier molecular flexibility index (Phi) is 15.9. The Bertz CT molecular complexity index is 341. The van der Waals surface area contributed by atoms with Crippen LogP contribution in [0.4, 0.5) is 0 Å². The van der Waals surface area contributed by atoms with Crippen LogP contribution >= 0.6 is 0 Å². The molecule has 0 aromatic rings. The summed E-state index contributed by atoms with van der Waals surface area (Å²) in [5, 5.41) is 0. The van der Waals surface area contributed by atoms with Gasteiger partial charge in [-0.15, -0.1) is 0 Å². The summed E-state index contributed by atoms with van der Waals surface area (Å²) >= 11 is 0. The number of carbonyl (C=O) groups excluding carboxylic acids is 1. The van der Waals surface area contributed by atoms with E-state index in [1.54, 1.807) is 0 Å². The van der Waals surface area contributed by atoms with Gasteiger partial charge in [0.25, 0.3) is 0 Å². The summed E-state index contributed by atoms with van der Waals surface area (Å²) in [6.07, 6.45) is 21.9. The molecule has 27 heavy (non-hydrogen) atoms. The van der Waals surface area contributed by atoms with E-state index in [0.29, 0.717) is 6.61 Å². The molecule has 0 aromatic carbocycles. The lowest BCUT2D eigenvalue weighted by molar-refractivity contribution is -0.148. The van der Waals surface area contributed by atoms with Gasteiger partial charge < -0.3 is 4.74 Å². The van der Waals surface area contributed by atoms with E-state index in [0.717, 1.165) is 26.1 Å². The lowest BCUT2D eigenvalue weighted by Crippen LogP contribution is -2.22. The highest BCUT2D eigenvalue weighted by molar-refractivity contribution is 5.72. The number of rotatable bonds is 20. The quantitative estimate of drug-likeness (QED) is 0.133. The number of hydrogen-bond acceptors (Lipinski definition) is 3. The van der Waals surface area contributed by atoms with Crippen molar-refractivity contribution in [3.05, 3.63) is 0 Å². The number of carbonyl (C=O) groups is 1. The minimum Gasteiger partial charge on any atom is -0.465 e. The molecule has 1 rings (SSSR count). The van der Waals surface area contributed by atoms with Crippen LogP contribution in [0, 0.1) is 5.92 Å². The number of esters is 1. The van der Waals surface area contributed by atoms with Crippen molar-refractivity contribution in [3.8, 4) is 0 Å². The normalized spacial score (nSPS) is 15.0. The summed E-state index contributed by atoms with van der Waals surface area (Å²) in [6.45, 7) is 8.05. The molecule has 3 heteroatoms. The van der Waals surface area contributed by atoms with Crippen LogP contribution in [0.15, 0.2) is 0 Å². The lowest BCUT2D eigenvalue weighted by Gasteiger charge is -2.11. The molecular weight excluding hydrogens is 334 g/mol. The minimum absolute atomic E-state index is 0.0112. The van der Waals surface area contributed by atoms with Crippen molar-refractivity contribution < 1.29 is 9.53 Å². The number of unbranched alkanes of at least 4 members (excludes halogenated alkanes) is 15. The van der Waals surface area contributed by atoms with Crippen LogP contribution in [-0.2, 0) is 9.53 Å². The molecule has 0 spiro atoms. The third-order valence-electron chi connectivity index (χ3n) is 5.72. The highest BCUT2D eigenvalue weighted by Gasteiger charge is 2.24. The van der Waals surface area contributed by atoms with Crippen molar-refractivity contribution in [2.45, 2.75) is 117 Å². The summed E-state index contributed by atoms with van der Waals surface area (Å²) in [4.78, 5) is 14.1. The molecule has 1 atom stereocenters. The van der Waals surface area contributed by atoms with Crippen LogP contribution in [0.5, 0.6) is 0 Å². The maximum atomic E-state index is 11.8.